The second kappa shape index (κ2) is 4.88. The van der Waals surface area contributed by atoms with Gasteiger partial charge in [-0.05, 0) is 36.2 Å². The summed E-state index contributed by atoms with van der Waals surface area (Å²) >= 11 is 0. The smallest absolute Gasteiger partial charge is 0.370 e. The molecule has 0 spiro atoms. The van der Waals surface area contributed by atoms with Crippen LogP contribution in [0, 0.1) is 18.3 Å². The summed E-state index contributed by atoms with van der Waals surface area (Å²) in [5.74, 6) is 0.351. The summed E-state index contributed by atoms with van der Waals surface area (Å²) in [5.41, 5.74) is 3.88. The minimum atomic E-state index is -3.75. The molecule has 1 aliphatic heterocycles. The first-order valence-electron chi connectivity index (χ1n) is 6.32. The number of nitriles is 1. The van der Waals surface area contributed by atoms with E-state index in [1.165, 1.54) is 0 Å². The quantitative estimate of drug-likeness (QED) is 0.876. The molecule has 0 aliphatic carbocycles. The predicted molar refractivity (Wildman–Crippen MR) is 77.7 cm³/mol. The van der Waals surface area contributed by atoms with Gasteiger partial charge in [0, 0.05) is 17.7 Å². The summed E-state index contributed by atoms with van der Waals surface area (Å²) in [6.45, 7) is 2.15. The number of aryl methyl sites for hydroxylation is 1. The Bertz CT molecular complexity index is 850. The maximum atomic E-state index is 11.6. The molecule has 1 heterocycles. The van der Waals surface area contributed by atoms with Crippen LogP contribution in [0.5, 0.6) is 5.75 Å². The summed E-state index contributed by atoms with van der Waals surface area (Å²) in [6, 6.07) is 12.8. The Hall–Kier alpha value is -2.36. The third-order valence-electron chi connectivity index (χ3n) is 3.27. The van der Waals surface area contributed by atoms with Gasteiger partial charge >= 0.3 is 10.3 Å². The van der Waals surface area contributed by atoms with E-state index in [2.05, 4.69) is 10.8 Å². The zero-order chi connectivity index (χ0) is 15.0. The van der Waals surface area contributed by atoms with E-state index in [0.717, 1.165) is 16.7 Å². The maximum absolute atomic E-state index is 11.6. The average Bonchev–Trinajstić information content (AvgIpc) is 2.46. The van der Waals surface area contributed by atoms with Gasteiger partial charge in [-0.15, -0.1) is 0 Å². The van der Waals surface area contributed by atoms with Crippen LogP contribution in [0.15, 0.2) is 36.4 Å². The van der Waals surface area contributed by atoms with Crippen LogP contribution in [-0.2, 0) is 16.8 Å². The van der Waals surface area contributed by atoms with Crippen LogP contribution >= 0.6 is 0 Å². The molecule has 0 aromatic heterocycles. The van der Waals surface area contributed by atoms with Gasteiger partial charge < -0.3 is 4.18 Å². The maximum Gasteiger partial charge on any atom is 0.382 e. The minimum absolute atomic E-state index is 0.211. The first-order valence-corrected chi connectivity index (χ1v) is 7.72. The third-order valence-corrected chi connectivity index (χ3v) is 4.15. The van der Waals surface area contributed by atoms with Crippen LogP contribution in [0.1, 0.15) is 16.7 Å². The standard InChI is InChI=1S/C15H12N2O3S/c1-10-6-13-9-17-21(18,19)20-15(13)14(7-10)12-4-2-11(8-16)3-5-12/h2-7,17H,9H2,1H3. The molecule has 21 heavy (non-hydrogen) atoms. The van der Waals surface area contributed by atoms with Crippen LogP contribution in [0.2, 0.25) is 0 Å². The highest BCUT2D eigenvalue weighted by atomic mass is 32.2. The van der Waals surface area contributed by atoms with E-state index in [9.17, 15) is 8.42 Å². The molecular weight excluding hydrogens is 288 g/mol. The van der Waals surface area contributed by atoms with Gasteiger partial charge in [0.1, 0.15) is 0 Å². The monoisotopic (exact) mass is 300 g/mol. The highest BCUT2D eigenvalue weighted by Crippen LogP contribution is 2.37. The van der Waals surface area contributed by atoms with Gasteiger partial charge in [-0.2, -0.15) is 18.4 Å². The molecule has 106 valence electrons. The number of benzene rings is 2. The number of rotatable bonds is 1. The first-order chi connectivity index (χ1) is 9.98. The number of fused-ring (bicyclic) bond motifs is 1. The van der Waals surface area contributed by atoms with Crippen molar-refractivity contribution in [3.05, 3.63) is 53.1 Å². The number of hydrogen-bond donors (Lipinski definition) is 1. The van der Waals surface area contributed by atoms with E-state index >= 15 is 0 Å². The van der Waals surface area contributed by atoms with Gasteiger partial charge in [-0.25, -0.2) is 0 Å². The molecule has 2 aromatic carbocycles. The van der Waals surface area contributed by atoms with Crippen LogP contribution in [0.25, 0.3) is 11.1 Å². The fraction of sp³-hybridized carbons (Fsp3) is 0.133. The van der Waals surface area contributed by atoms with Gasteiger partial charge in [-0.1, -0.05) is 18.2 Å². The molecule has 0 saturated carbocycles. The number of nitrogens with zero attached hydrogens (tertiary/aromatic N) is 1. The van der Waals surface area contributed by atoms with E-state index < -0.39 is 10.3 Å². The Morgan fingerprint density at radius 3 is 2.62 bits per heavy atom. The second-order valence-corrected chi connectivity index (χ2v) is 6.21. The predicted octanol–water partition coefficient (Wildman–Crippen LogP) is 2.26. The van der Waals surface area contributed by atoms with Crippen LogP contribution < -0.4 is 8.91 Å². The van der Waals surface area contributed by atoms with Crippen molar-refractivity contribution >= 4 is 10.3 Å². The summed E-state index contributed by atoms with van der Waals surface area (Å²) in [4.78, 5) is 0. The van der Waals surface area contributed by atoms with Crippen LogP contribution in [-0.4, -0.2) is 8.42 Å². The van der Waals surface area contributed by atoms with E-state index in [-0.39, 0.29) is 6.54 Å². The molecule has 6 heteroatoms. The Labute approximate surface area is 123 Å². The van der Waals surface area contributed by atoms with Gasteiger partial charge in [0.25, 0.3) is 0 Å². The van der Waals surface area contributed by atoms with E-state index in [0.29, 0.717) is 16.9 Å². The second-order valence-electron chi connectivity index (χ2n) is 4.85. The highest BCUT2D eigenvalue weighted by molar-refractivity contribution is 7.85. The zero-order valence-electron chi connectivity index (χ0n) is 11.3. The Kier molecular flexibility index (Phi) is 3.16. The van der Waals surface area contributed by atoms with Gasteiger partial charge in [-0.3, -0.25) is 0 Å². The molecule has 0 fully saturated rings. The molecule has 0 atom stereocenters. The lowest BCUT2D eigenvalue weighted by Crippen LogP contribution is -2.32. The minimum Gasteiger partial charge on any atom is -0.370 e. The molecule has 0 bridgehead atoms. The average molecular weight is 300 g/mol. The van der Waals surface area contributed by atoms with Gasteiger partial charge in [0.15, 0.2) is 5.75 Å². The number of hydrogen-bond acceptors (Lipinski definition) is 4. The lowest BCUT2D eigenvalue weighted by atomic mass is 9.98. The largest absolute Gasteiger partial charge is 0.382 e. The van der Waals surface area contributed by atoms with Crippen LogP contribution in [0.4, 0.5) is 0 Å². The van der Waals surface area contributed by atoms with Crippen molar-refractivity contribution in [1.82, 2.24) is 4.72 Å². The molecular formula is C15H12N2O3S. The lowest BCUT2D eigenvalue weighted by molar-refractivity contribution is 0.454. The Morgan fingerprint density at radius 2 is 1.95 bits per heavy atom. The summed E-state index contributed by atoms with van der Waals surface area (Å²) in [7, 11) is -3.75. The normalized spacial score (nSPS) is 15.6. The van der Waals surface area contributed by atoms with Gasteiger partial charge in [0.05, 0.1) is 11.6 Å². The molecule has 1 N–H and O–H groups in total. The van der Waals surface area contributed by atoms with Crippen LogP contribution in [0.3, 0.4) is 0 Å². The van der Waals surface area contributed by atoms with E-state index in [4.69, 9.17) is 9.44 Å². The van der Waals surface area contributed by atoms with E-state index in [1.54, 1.807) is 24.3 Å². The first kappa shape index (κ1) is 13.6. The SMILES string of the molecule is Cc1cc2c(c(-c3ccc(C#N)cc3)c1)OS(=O)(=O)NC2. The molecule has 1 aliphatic rings. The topological polar surface area (TPSA) is 79.2 Å². The molecule has 3 rings (SSSR count). The van der Waals surface area contributed by atoms with Crippen molar-refractivity contribution < 1.29 is 12.6 Å². The fourth-order valence-corrected chi connectivity index (χ4v) is 3.13. The Balaban J connectivity index is 2.18. The molecule has 0 saturated heterocycles. The van der Waals surface area contributed by atoms with Crippen molar-refractivity contribution in [1.29, 1.82) is 5.26 Å². The molecule has 0 unspecified atom stereocenters. The Morgan fingerprint density at radius 1 is 1.24 bits per heavy atom. The molecule has 0 radical (unpaired) electrons. The molecule has 0 amide bonds. The lowest BCUT2D eigenvalue weighted by Gasteiger charge is -2.21. The van der Waals surface area contributed by atoms with Crippen molar-refractivity contribution in [2.75, 3.05) is 0 Å². The van der Waals surface area contributed by atoms with Crippen molar-refractivity contribution in [2.45, 2.75) is 13.5 Å². The summed E-state index contributed by atoms with van der Waals surface area (Å²) < 4.78 is 30.7. The third kappa shape index (κ3) is 2.61. The fourth-order valence-electron chi connectivity index (χ4n) is 2.32. The van der Waals surface area contributed by atoms with Crippen molar-refractivity contribution in [3.63, 3.8) is 0 Å². The zero-order valence-corrected chi connectivity index (χ0v) is 12.1. The molecule has 2 aromatic rings. The van der Waals surface area contributed by atoms with Crippen molar-refractivity contribution in [2.24, 2.45) is 0 Å². The highest BCUT2D eigenvalue weighted by Gasteiger charge is 2.25. The number of nitrogens with one attached hydrogen (secondary N) is 1. The summed E-state index contributed by atoms with van der Waals surface area (Å²) in [5, 5.41) is 8.84. The summed E-state index contributed by atoms with van der Waals surface area (Å²) in [6.07, 6.45) is 0. The van der Waals surface area contributed by atoms with E-state index in [1.807, 2.05) is 19.1 Å². The van der Waals surface area contributed by atoms with Gasteiger partial charge in [0.2, 0.25) is 0 Å². The van der Waals surface area contributed by atoms with Crippen molar-refractivity contribution in [3.8, 4) is 22.9 Å². The molecule has 5 nitrogen and oxygen atoms in total.